The molecule has 0 saturated heterocycles. The summed E-state index contributed by atoms with van der Waals surface area (Å²) in [6.07, 6.45) is 3.53. The smallest absolute Gasteiger partial charge is 0.261 e. The number of benzene rings is 1. The van der Waals surface area contributed by atoms with Crippen molar-refractivity contribution in [3.8, 4) is 0 Å². The number of rotatable bonds is 3. The van der Waals surface area contributed by atoms with E-state index in [1.165, 1.54) is 22.5 Å². The van der Waals surface area contributed by atoms with Crippen LogP contribution in [0.5, 0.6) is 0 Å². The molecule has 3 heterocycles. The molecule has 25 heavy (non-hydrogen) atoms. The molecular formula is C19H20ClN3OS. The van der Waals surface area contributed by atoms with E-state index < -0.39 is 0 Å². The lowest BCUT2D eigenvalue weighted by Crippen LogP contribution is -2.36. The van der Waals surface area contributed by atoms with Crippen molar-refractivity contribution in [3.63, 3.8) is 0 Å². The quantitative estimate of drug-likeness (QED) is 0.699. The lowest BCUT2D eigenvalue weighted by Gasteiger charge is -2.35. The zero-order chi connectivity index (χ0) is 17.6. The fraction of sp³-hybridized carbons (Fsp3) is 0.368. The van der Waals surface area contributed by atoms with Crippen molar-refractivity contribution in [2.75, 3.05) is 13.1 Å². The maximum atomic E-state index is 12.7. The predicted molar refractivity (Wildman–Crippen MR) is 103 cm³/mol. The van der Waals surface area contributed by atoms with Crippen molar-refractivity contribution in [2.45, 2.75) is 32.7 Å². The molecule has 1 aromatic carbocycles. The third-order valence-corrected chi connectivity index (χ3v) is 6.18. The number of hydrogen-bond acceptors (Lipinski definition) is 4. The van der Waals surface area contributed by atoms with Crippen molar-refractivity contribution >= 4 is 27.9 Å². The van der Waals surface area contributed by atoms with Gasteiger partial charge in [0.25, 0.3) is 5.56 Å². The maximum Gasteiger partial charge on any atom is 0.261 e. The maximum absolute atomic E-state index is 12.7. The van der Waals surface area contributed by atoms with E-state index in [1.54, 1.807) is 4.40 Å². The van der Waals surface area contributed by atoms with Gasteiger partial charge in [0, 0.05) is 47.0 Å². The van der Waals surface area contributed by atoms with E-state index in [2.05, 4.69) is 28.9 Å². The topological polar surface area (TPSA) is 37.6 Å². The predicted octanol–water partition coefficient (Wildman–Crippen LogP) is 3.88. The Bertz CT molecular complexity index is 994. The number of aryl methyl sites for hydroxylation is 1. The van der Waals surface area contributed by atoms with Crippen LogP contribution in [0.3, 0.4) is 0 Å². The molecule has 1 aliphatic rings. The largest absolute Gasteiger partial charge is 0.296 e. The summed E-state index contributed by atoms with van der Waals surface area (Å²) in [6.45, 7) is 6.01. The van der Waals surface area contributed by atoms with E-state index in [0.717, 1.165) is 47.2 Å². The molecule has 1 atom stereocenters. The van der Waals surface area contributed by atoms with Gasteiger partial charge in [-0.1, -0.05) is 17.7 Å². The molecule has 0 N–H and O–H groups in total. The number of aromatic nitrogens is 2. The summed E-state index contributed by atoms with van der Waals surface area (Å²) in [5.41, 5.74) is 4.43. The Labute approximate surface area is 155 Å². The Morgan fingerprint density at radius 2 is 2.24 bits per heavy atom. The Morgan fingerprint density at radius 1 is 1.40 bits per heavy atom. The Hall–Kier alpha value is -1.69. The van der Waals surface area contributed by atoms with Gasteiger partial charge in [-0.25, -0.2) is 4.98 Å². The van der Waals surface area contributed by atoms with E-state index in [4.69, 9.17) is 11.6 Å². The minimum atomic E-state index is 0.0700. The first kappa shape index (κ1) is 16.8. The Morgan fingerprint density at radius 3 is 3.08 bits per heavy atom. The number of nitrogens with zero attached hydrogens (tertiary/aromatic N) is 3. The van der Waals surface area contributed by atoms with Crippen molar-refractivity contribution < 1.29 is 0 Å². The Balaban J connectivity index is 1.56. The van der Waals surface area contributed by atoms with Crippen LogP contribution >= 0.6 is 22.9 Å². The van der Waals surface area contributed by atoms with Gasteiger partial charge in [-0.05, 0) is 49.9 Å². The van der Waals surface area contributed by atoms with Gasteiger partial charge < -0.3 is 0 Å². The van der Waals surface area contributed by atoms with Crippen LogP contribution in [0.25, 0.3) is 4.96 Å². The average molecular weight is 374 g/mol. The van der Waals surface area contributed by atoms with Crippen LogP contribution in [0, 0.1) is 6.92 Å². The molecule has 130 valence electrons. The molecule has 0 aliphatic carbocycles. The van der Waals surface area contributed by atoms with Gasteiger partial charge in [-0.15, -0.1) is 11.3 Å². The second-order valence-corrected chi connectivity index (χ2v) is 7.90. The van der Waals surface area contributed by atoms with Crippen molar-refractivity contribution in [3.05, 3.63) is 67.5 Å². The van der Waals surface area contributed by atoms with E-state index in [9.17, 15) is 4.79 Å². The monoisotopic (exact) mass is 373 g/mol. The van der Waals surface area contributed by atoms with Crippen LogP contribution in [0.1, 0.15) is 35.3 Å². The number of halogens is 1. The lowest BCUT2D eigenvalue weighted by atomic mass is 9.93. The molecule has 0 fully saturated rings. The van der Waals surface area contributed by atoms with Gasteiger partial charge in [0.05, 0.1) is 0 Å². The van der Waals surface area contributed by atoms with E-state index in [-0.39, 0.29) is 5.56 Å². The van der Waals surface area contributed by atoms with E-state index >= 15 is 0 Å². The molecule has 3 aromatic rings. The molecule has 4 rings (SSSR count). The summed E-state index contributed by atoms with van der Waals surface area (Å²) in [4.78, 5) is 20.5. The summed E-state index contributed by atoms with van der Waals surface area (Å²) in [5.74, 6) is 0. The van der Waals surface area contributed by atoms with Crippen LogP contribution in [0.2, 0.25) is 5.02 Å². The van der Waals surface area contributed by atoms with Gasteiger partial charge >= 0.3 is 0 Å². The zero-order valence-corrected chi connectivity index (χ0v) is 15.9. The normalized spacial score (nSPS) is 17.8. The molecule has 0 spiro atoms. The van der Waals surface area contributed by atoms with Gasteiger partial charge in [0.1, 0.15) is 0 Å². The van der Waals surface area contributed by atoms with Gasteiger partial charge in [0.2, 0.25) is 0 Å². The number of fused-ring (bicyclic) bond motifs is 2. The standard InChI is InChI=1S/C19H20ClN3OS/c1-12-16(18(24)23-9-10-25-19(23)21-12)6-8-22-7-5-14-11-15(20)3-4-17(14)13(22)2/h3-4,9-11,13H,5-8H2,1-2H3. The summed E-state index contributed by atoms with van der Waals surface area (Å²) in [7, 11) is 0. The highest BCUT2D eigenvalue weighted by Crippen LogP contribution is 2.31. The van der Waals surface area contributed by atoms with E-state index in [0.29, 0.717) is 6.04 Å². The van der Waals surface area contributed by atoms with Gasteiger partial charge in [0.15, 0.2) is 4.96 Å². The second-order valence-electron chi connectivity index (χ2n) is 6.59. The van der Waals surface area contributed by atoms with Crippen LogP contribution < -0.4 is 5.56 Å². The fourth-order valence-corrected chi connectivity index (χ4v) is 4.67. The molecule has 0 radical (unpaired) electrons. The van der Waals surface area contributed by atoms with Crippen LogP contribution in [-0.4, -0.2) is 27.4 Å². The van der Waals surface area contributed by atoms with Crippen molar-refractivity contribution in [1.82, 2.24) is 14.3 Å². The Kier molecular flexibility index (Phi) is 4.40. The lowest BCUT2D eigenvalue weighted by molar-refractivity contribution is 0.201. The molecule has 1 aliphatic heterocycles. The summed E-state index contributed by atoms with van der Waals surface area (Å²) in [5, 5.41) is 2.71. The second kappa shape index (κ2) is 6.56. The highest BCUT2D eigenvalue weighted by atomic mass is 35.5. The molecular weight excluding hydrogens is 354 g/mol. The zero-order valence-electron chi connectivity index (χ0n) is 14.3. The molecule has 2 aromatic heterocycles. The highest BCUT2D eigenvalue weighted by Gasteiger charge is 2.24. The van der Waals surface area contributed by atoms with Crippen molar-refractivity contribution in [1.29, 1.82) is 0 Å². The average Bonchev–Trinajstić information content (AvgIpc) is 3.04. The van der Waals surface area contributed by atoms with Crippen molar-refractivity contribution in [2.24, 2.45) is 0 Å². The molecule has 0 bridgehead atoms. The molecule has 0 amide bonds. The molecule has 6 heteroatoms. The van der Waals surface area contributed by atoms with Crippen LogP contribution in [0.4, 0.5) is 0 Å². The fourth-order valence-electron chi connectivity index (χ4n) is 3.72. The third kappa shape index (κ3) is 3.01. The number of thiazole rings is 1. The first-order chi connectivity index (χ1) is 12.0. The summed E-state index contributed by atoms with van der Waals surface area (Å²) < 4.78 is 1.66. The molecule has 0 saturated carbocycles. The van der Waals surface area contributed by atoms with E-state index in [1.807, 2.05) is 24.6 Å². The third-order valence-electron chi connectivity index (χ3n) is 5.19. The summed E-state index contributed by atoms with van der Waals surface area (Å²) in [6, 6.07) is 6.51. The first-order valence-corrected chi connectivity index (χ1v) is 9.78. The minimum Gasteiger partial charge on any atom is -0.296 e. The van der Waals surface area contributed by atoms with Crippen LogP contribution in [-0.2, 0) is 12.8 Å². The number of hydrogen-bond donors (Lipinski definition) is 0. The molecule has 1 unspecified atom stereocenters. The highest BCUT2D eigenvalue weighted by molar-refractivity contribution is 7.15. The molecule has 4 nitrogen and oxygen atoms in total. The minimum absolute atomic E-state index is 0.0700. The van der Waals surface area contributed by atoms with Gasteiger partial charge in [-0.3, -0.25) is 14.1 Å². The SMILES string of the molecule is Cc1nc2sccn2c(=O)c1CCN1CCc2cc(Cl)ccc2C1C. The summed E-state index contributed by atoms with van der Waals surface area (Å²) >= 11 is 7.61. The van der Waals surface area contributed by atoms with Crippen LogP contribution in [0.15, 0.2) is 34.6 Å². The van der Waals surface area contributed by atoms with Gasteiger partial charge in [-0.2, -0.15) is 0 Å². The first-order valence-electron chi connectivity index (χ1n) is 8.52.